The van der Waals surface area contributed by atoms with E-state index in [2.05, 4.69) is 12.2 Å². The van der Waals surface area contributed by atoms with E-state index < -0.39 is 0 Å². The predicted molar refractivity (Wildman–Crippen MR) is 58.1 cm³/mol. The Balaban J connectivity index is 0.000000671. The fourth-order valence-electron chi connectivity index (χ4n) is 1.54. The van der Waals surface area contributed by atoms with Crippen LogP contribution < -0.4 is 5.32 Å². The highest BCUT2D eigenvalue weighted by Gasteiger charge is 2.35. The molecule has 1 N–H and O–H groups in total. The minimum atomic E-state index is 0.275. The molecule has 0 atom stereocenters. The smallest absolute Gasteiger partial charge is 0.0680 e. The van der Waals surface area contributed by atoms with Crippen molar-refractivity contribution < 1.29 is 4.74 Å². The lowest BCUT2D eigenvalue weighted by Gasteiger charge is -2.41. The predicted octanol–water partition coefficient (Wildman–Crippen LogP) is 2.58. The van der Waals surface area contributed by atoms with Gasteiger partial charge in [0.1, 0.15) is 0 Å². The van der Waals surface area contributed by atoms with Crippen LogP contribution in [0, 0.1) is 0 Å². The zero-order chi connectivity index (χ0) is 10.2. The molecule has 2 nitrogen and oxygen atoms in total. The first-order chi connectivity index (χ1) is 6.33. The Hall–Kier alpha value is -0.0800. The van der Waals surface area contributed by atoms with E-state index in [9.17, 15) is 0 Å². The average molecular weight is 187 g/mol. The highest BCUT2D eigenvalue weighted by Crippen LogP contribution is 2.37. The van der Waals surface area contributed by atoms with Gasteiger partial charge in [0.25, 0.3) is 0 Å². The topological polar surface area (TPSA) is 21.3 Å². The number of hydrogen-bond donors (Lipinski definition) is 1. The molecule has 1 saturated carbocycles. The summed E-state index contributed by atoms with van der Waals surface area (Å²) in [6.45, 7) is 8.06. The zero-order valence-corrected chi connectivity index (χ0v) is 9.65. The second kappa shape index (κ2) is 7.34. The summed E-state index contributed by atoms with van der Waals surface area (Å²) in [5.41, 5.74) is 0.275. The number of ether oxygens (including phenoxy) is 1. The lowest BCUT2D eigenvalue weighted by Crippen LogP contribution is -2.40. The molecule has 0 amide bonds. The van der Waals surface area contributed by atoms with Gasteiger partial charge >= 0.3 is 0 Å². The van der Waals surface area contributed by atoms with Crippen molar-refractivity contribution in [3.8, 4) is 0 Å². The summed E-state index contributed by atoms with van der Waals surface area (Å²) in [4.78, 5) is 0. The molecule has 0 spiro atoms. The van der Waals surface area contributed by atoms with Crippen LogP contribution in [0.15, 0.2) is 0 Å². The normalized spacial score (nSPS) is 18.5. The van der Waals surface area contributed by atoms with Crippen molar-refractivity contribution in [2.45, 2.75) is 52.1 Å². The third-order valence-electron chi connectivity index (χ3n) is 2.67. The Bertz CT molecular complexity index is 105. The van der Waals surface area contributed by atoms with E-state index in [0.29, 0.717) is 0 Å². The lowest BCUT2D eigenvalue weighted by molar-refractivity contribution is -0.0998. The summed E-state index contributed by atoms with van der Waals surface area (Å²) in [6, 6.07) is 0. The lowest BCUT2D eigenvalue weighted by atomic mass is 9.78. The van der Waals surface area contributed by atoms with Gasteiger partial charge in [-0.1, -0.05) is 20.8 Å². The van der Waals surface area contributed by atoms with Gasteiger partial charge in [0.2, 0.25) is 0 Å². The van der Waals surface area contributed by atoms with E-state index in [1.54, 1.807) is 0 Å². The summed E-state index contributed by atoms with van der Waals surface area (Å²) in [5, 5.41) is 3.09. The van der Waals surface area contributed by atoms with E-state index in [1.807, 2.05) is 20.9 Å². The molecule has 1 rings (SSSR count). The molecule has 0 bridgehead atoms. The maximum atomic E-state index is 5.79. The quantitative estimate of drug-likeness (QED) is 0.668. The Morgan fingerprint density at radius 1 is 1.31 bits per heavy atom. The molecule has 0 aromatic rings. The highest BCUT2D eigenvalue weighted by atomic mass is 16.5. The van der Waals surface area contributed by atoms with E-state index >= 15 is 0 Å². The van der Waals surface area contributed by atoms with Crippen LogP contribution in [0.4, 0.5) is 0 Å². The average Bonchev–Trinajstić information content (AvgIpc) is 2.13. The molecule has 0 aromatic heterocycles. The van der Waals surface area contributed by atoms with Crippen LogP contribution in [-0.4, -0.2) is 25.8 Å². The first kappa shape index (κ1) is 12.9. The number of rotatable bonds is 5. The molecule has 0 unspecified atom stereocenters. The SMILES string of the molecule is CC.CCC1(OCCNC)CCC1. The van der Waals surface area contributed by atoms with Crippen LogP contribution in [0.3, 0.4) is 0 Å². The van der Waals surface area contributed by atoms with Crippen molar-refractivity contribution in [2.75, 3.05) is 20.2 Å². The van der Waals surface area contributed by atoms with Gasteiger partial charge in [-0.3, -0.25) is 0 Å². The van der Waals surface area contributed by atoms with Crippen LogP contribution in [-0.2, 0) is 4.74 Å². The van der Waals surface area contributed by atoms with Crippen molar-refractivity contribution in [3.63, 3.8) is 0 Å². The third kappa shape index (κ3) is 4.10. The van der Waals surface area contributed by atoms with Crippen molar-refractivity contribution in [1.29, 1.82) is 0 Å². The molecule has 13 heavy (non-hydrogen) atoms. The van der Waals surface area contributed by atoms with Crippen molar-refractivity contribution in [3.05, 3.63) is 0 Å². The molecule has 0 saturated heterocycles. The maximum absolute atomic E-state index is 5.79. The fourth-order valence-corrected chi connectivity index (χ4v) is 1.54. The molecule has 0 aromatic carbocycles. The molecule has 1 aliphatic carbocycles. The summed E-state index contributed by atoms with van der Waals surface area (Å²) in [7, 11) is 1.96. The highest BCUT2D eigenvalue weighted by molar-refractivity contribution is 4.88. The van der Waals surface area contributed by atoms with Gasteiger partial charge in [-0.2, -0.15) is 0 Å². The van der Waals surface area contributed by atoms with Gasteiger partial charge in [-0.25, -0.2) is 0 Å². The van der Waals surface area contributed by atoms with Crippen LogP contribution in [0.1, 0.15) is 46.5 Å². The van der Waals surface area contributed by atoms with Crippen molar-refractivity contribution in [2.24, 2.45) is 0 Å². The van der Waals surface area contributed by atoms with E-state index in [-0.39, 0.29) is 5.60 Å². The molecule has 1 fully saturated rings. The summed E-state index contributed by atoms with van der Waals surface area (Å²) >= 11 is 0. The van der Waals surface area contributed by atoms with Crippen LogP contribution in [0.5, 0.6) is 0 Å². The van der Waals surface area contributed by atoms with E-state index in [0.717, 1.165) is 13.2 Å². The molecule has 0 heterocycles. The van der Waals surface area contributed by atoms with Crippen LogP contribution in [0.25, 0.3) is 0 Å². The summed E-state index contributed by atoms with van der Waals surface area (Å²) in [5.74, 6) is 0. The first-order valence-corrected chi connectivity index (χ1v) is 5.61. The molecular formula is C11H25NO. The number of nitrogens with one attached hydrogen (secondary N) is 1. The Labute approximate surface area is 83.1 Å². The van der Waals surface area contributed by atoms with Gasteiger partial charge in [0.05, 0.1) is 12.2 Å². The minimum absolute atomic E-state index is 0.275. The monoisotopic (exact) mass is 187 g/mol. The molecular weight excluding hydrogens is 162 g/mol. The number of likely N-dealkylation sites (N-methyl/N-ethyl adjacent to an activating group) is 1. The molecule has 0 aliphatic heterocycles. The van der Waals surface area contributed by atoms with E-state index in [1.165, 1.54) is 25.7 Å². The largest absolute Gasteiger partial charge is 0.374 e. The van der Waals surface area contributed by atoms with Crippen LogP contribution in [0.2, 0.25) is 0 Å². The summed E-state index contributed by atoms with van der Waals surface area (Å²) < 4.78 is 5.79. The van der Waals surface area contributed by atoms with E-state index in [4.69, 9.17) is 4.74 Å². The van der Waals surface area contributed by atoms with Gasteiger partial charge in [-0.05, 0) is 32.7 Å². The Morgan fingerprint density at radius 2 is 1.92 bits per heavy atom. The van der Waals surface area contributed by atoms with Gasteiger partial charge in [0.15, 0.2) is 0 Å². The van der Waals surface area contributed by atoms with Gasteiger partial charge in [-0.15, -0.1) is 0 Å². The second-order valence-corrected chi connectivity index (χ2v) is 3.34. The van der Waals surface area contributed by atoms with Gasteiger partial charge < -0.3 is 10.1 Å². The Morgan fingerprint density at radius 3 is 2.23 bits per heavy atom. The fraction of sp³-hybridized carbons (Fsp3) is 1.00. The second-order valence-electron chi connectivity index (χ2n) is 3.34. The molecule has 2 heteroatoms. The summed E-state index contributed by atoms with van der Waals surface area (Å²) in [6.07, 6.45) is 5.07. The third-order valence-corrected chi connectivity index (χ3v) is 2.67. The zero-order valence-electron chi connectivity index (χ0n) is 9.65. The van der Waals surface area contributed by atoms with Gasteiger partial charge in [0, 0.05) is 6.54 Å². The molecule has 1 aliphatic rings. The van der Waals surface area contributed by atoms with Crippen LogP contribution >= 0.6 is 0 Å². The molecule has 80 valence electrons. The standard InChI is InChI=1S/C9H19NO.C2H6/c1-3-9(5-4-6-9)11-8-7-10-2;1-2/h10H,3-8H2,1-2H3;1-2H3. The van der Waals surface area contributed by atoms with Crippen molar-refractivity contribution >= 4 is 0 Å². The number of hydrogen-bond acceptors (Lipinski definition) is 2. The Kier molecular flexibility index (Phi) is 7.29. The van der Waals surface area contributed by atoms with Crippen molar-refractivity contribution in [1.82, 2.24) is 5.32 Å². The molecule has 0 radical (unpaired) electrons. The first-order valence-electron chi connectivity index (χ1n) is 5.61. The maximum Gasteiger partial charge on any atom is 0.0680 e. The minimum Gasteiger partial charge on any atom is -0.374 e.